The molecule has 0 radical (unpaired) electrons. The Morgan fingerprint density at radius 1 is 0.456 bits per heavy atom. The number of rotatable bonds is 1. The molecule has 0 unspecified atom stereocenters. The molecule has 4 aliphatic rings. The second-order valence-electron chi connectivity index (χ2n) is 28.1. The molecule has 2 aliphatic heterocycles. The van der Waals surface area contributed by atoms with Crippen LogP contribution in [-0.4, -0.2) is 15.8 Å². The summed E-state index contributed by atoms with van der Waals surface area (Å²) in [5, 5.41) is 18.6. The molecule has 0 N–H and O–H groups in total. The van der Waals surface area contributed by atoms with Crippen molar-refractivity contribution in [3.8, 4) is 28.6 Å². The van der Waals surface area contributed by atoms with Gasteiger partial charge in [0.25, 0.3) is 6.71 Å². The van der Waals surface area contributed by atoms with Crippen LogP contribution in [0.2, 0.25) is 0 Å². The van der Waals surface area contributed by atoms with E-state index in [9.17, 15) is 5.26 Å². The predicted octanol–water partition coefficient (Wildman–Crippen LogP) is 17.3. The van der Waals surface area contributed by atoms with E-state index >= 15 is 0 Å². The Balaban J connectivity index is 1.14. The van der Waals surface area contributed by atoms with Gasteiger partial charge in [0.05, 0.1) is 16.6 Å². The lowest BCUT2D eigenvalue weighted by molar-refractivity contribution is 0.590. The molecule has 0 fully saturated rings. The van der Waals surface area contributed by atoms with Crippen molar-refractivity contribution < 1.29 is 8.83 Å². The highest BCUT2D eigenvalue weighted by atomic mass is 16.4. The van der Waals surface area contributed by atoms with Gasteiger partial charge in [0.2, 0.25) is 0 Å². The van der Waals surface area contributed by atoms with Crippen LogP contribution in [0, 0.1) is 11.3 Å². The van der Waals surface area contributed by atoms with Crippen LogP contribution in [0.3, 0.4) is 0 Å². The minimum absolute atomic E-state index is 0.0421. The van der Waals surface area contributed by atoms with Crippen LogP contribution in [-0.2, 0) is 47.3 Å². The van der Waals surface area contributed by atoms with Crippen molar-refractivity contribution in [2.24, 2.45) is 0 Å². The van der Waals surface area contributed by atoms with Crippen LogP contribution in [0.4, 0.5) is 0 Å². The van der Waals surface area contributed by atoms with Crippen LogP contribution >= 0.6 is 0 Å². The molecule has 15 rings (SSSR count). The highest BCUT2D eigenvalue weighted by Gasteiger charge is 2.43. The van der Waals surface area contributed by atoms with Gasteiger partial charge in [0.15, 0.2) is 11.2 Å². The van der Waals surface area contributed by atoms with E-state index in [0.29, 0.717) is 16.7 Å². The number of aryl methyl sites for hydroxylation is 4. The molecule has 3 aromatic heterocycles. The maximum absolute atomic E-state index is 11.1. The van der Waals surface area contributed by atoms with Crippen LogP contribution in [0.1, 0.15) is 159 Å². The van der Waals surface area contributed by atoms with Gasteiger partial charge in [-0.05, 0) is 212 Å². The first kappa shape index (κ1) is 48.6. The second-order valence-corrected chi connectivity index (χ2v) is 28.1. The Kier molecular flexibility index (Phi) is 10.0. The van der Waals surface area contributed by atoms with Gasteiger partial charge >= 0.3 is 0 Å². The molecule has 392 valence electrons. The number of nitrogens with zero attached hydrogens (tertiary/aromatic N) is 3. The zero-order valence-electron chi connectivity index (χ0n) is 48.3. The van der Waals surface area contributed by atoms with E-state index in [0.717, 1.165) is 66.2 Å². The van der Waals surface area contributed by atoms with E-state index in [-0.39, 0.29) is 28.4 Å². The summed E-state index contributed by atoms with van der Waals surface area (Å²) in [6.07, 6.45) is 8.80. The summed E-state index contributed by atoms with van der Waals surface area (Å²) in [5.74, 6) is 0. The molecule has 6 heteroatoms. The van der Waals surface area contributed by atoms with Crippen molar-refractivity contribution in [2.45, 2.75) is 156 Å². The number of aromatic nitrogens is 2. The monoisotopic (exact) mass is 1030 g/mol. The Morgan fingerprint density at radius 3 is 1.35 bits per heavy atom. The zero-order chi connectivity index (χ0) is 54.6. The molecule has 11 aromatic rings. The number of hydrogen-bond acceptors (Lipinski definition) is 3. The SMILES string of the molecule is CC(C)(C)c1ccc2c(c1)c1cc(C(C)(C)C)cc3c1n2-c1cc(-c2ccc(C#N)c4oc5ccc6c(c5c5c7c(ccc5oc24)CCCC7)CCCC6)cc2c1B3c1cc(C(C)(C)C)cc3c4cc(C(C)(C)C)ccc4n-2c13. The molecule has 5 heterocycles. The fourth-order valence-electron chi connectivity index (χ4n) is 14.7. The summed E-state index contributed by atoms with van der Waals surface area (Å²) < 4.78 is 20.2. The summed E-state index contributed by atoms with van der Waals surface area (Å²) in [5.41, 5.74) is 27.0. The summed E-state index contributed by atoms with van der Waals surface area (Å²) in [6.45, 7) is 28.1. The lowest BCUT2D eigenvalue weighted by Crippen LogP contribution is -2.59. The molecule has 0 saturated carbocycles. The van der Waals surface area contributed by atoms with Gasteiger partial charge in [-0.15, -0.1) is 0 Å². The topological polar surface area (TPSA) is 59.9 Å². The zero-order valence-corrected chi connectivity index (χ0v) is 48.3. The fraction of sp³-hybridized carbons (Fsp3) is 0.329. The van der Waals surface area contributed by atoms with Crippen LogP contribution < -0.4 is 16.4 Å². The smallest absolute Gasteiger partial charge is 0.252 e. The molecule has 0 atom stereocenters. The Morgan fingerprint density at radius 2 is 0.899 bits per heavy atom. The van der Waals surface area contributed by atoms with Crippen molar-refractivity contribution in [1.29, 1.82) is 5.26 Å². The lowest BCUT2D eigenvalue weighted by Gasteiger charge is -2.36. The third-order valence-electron chi connectivity index (χ3n) is 19.0. The van der Waals surface area contributed by atoms with E-state index in [1.807, 2.05) is 6.07 Å². The summed E-state index contributed by atoms with van der Waals surface area (Å²) >= 11 is 0. The fourth-order valence-corrected chi connectivity index (χ4v) is 14.7. The molecule has 0 spiro atoms. The molecule has 2 aliphatic carbocycles. The van der Waals surface area contributed by atoms with Crippen LogP contribution in [0.25, 0.3) is 99.2 Å². The van der Waals surface area contributed by atoms with Gasteiger partial charge in [-0.1, -0.05) is 119 Å². The predicted molar refractivity (Wildman–Crippen MR) is 333 cm³/mol. The molecule has 5 nitrogen and oxygen atoms in total. The van der Waals surface area contributed by atoms with Crippen LogP contribution in [0.15, 0.2) is 118 Å². The van der Waals surface area contributed by atoms with E-state index in [2.05, 4.69) is 201 Å². The molecule has 0 saturated heterocycles. The standard InChI is InChI=1S/C73H70BN3O2/c1-70(2,3)44-24-27-57-51(33-44)53-35-46(72(7,8)9)37-55-66(53)76(57)59-31-43(32-60-65(59)74(55)56-38-47(73(10,11)12)36-54-52-34-45(71(4,5)6)25-28-58(52)77(60)67(54)56)50-26-21-42(39-75)68-69(50)79-62-30-23-41-18-14-16-20-49(41)64(62)63-48-19-15-13-17-40(48)22-29-61(63)78-68/h21-38H,13-20H2,1-12H3. The third-order valence-corrected chi connectivity index (χ3v) is 19.0. The Labute approximate surface area is 464 Å². The molecule has 0 bridgehead atoms. The number of hydrogen-bond donors (Lipinski definition) is 0. The van der Waals surface area contributed by atoms with Gasteiger partial charge < -0.3 is 18.0 Å². The minimum atomic E-state index is -0.102. The van der Waals surface area contributed by atoms with Gasteiger partial charge in [-0.25, -0.2) is 0 Å². The average molecular weight is 1030 g/mol. The quantitative estimate of drug-likeness (QED) is 0.154. The molecular weight excluding hydrogens is 962 g/mol. The first-order valence-corrected chi connectivity index (χ1v) is 29.3. The molecule has 0 amide bonds. The van der Waals surface area contributed by atoms with E-state index in [1.165, 1.54) is 134 Å². The normalized spacial score (nSPS) is 15.2. The number of fused-ring (bicyclic) bond motifs is 18. The van der Waals surface area contributed by atoms with Crippen LogP contribution in [0.5, 0.6) is 0 Å². The van der Waals surface area contributed by atoms with Crippen molar-refractivity contribution in [2.75, 3.05) is 0 Å². The minimum Gasteiger partial charge on any atom is -0.452 e. The average Bonchev–Trinajstić information content (AvgIpc) is 3.11. The summed E-state index contributed by atoms with van der Waals surface area (Å²) in [7, 11) is 0. The number of nitriles is 1. The highest BCUT2D eigenvalue weighted by molar-refractivity contribution is 7.00. The largest absolute Gasteiger partial charge is 0.452 e. The number of benzene rings is 8. The van der Waals surface area contributed by atoms with Crippen molar-refractivity contribution in [3.63, 3.8) is 0 Å². The molecule has 79 heavy (non-hydrogen) atoms. The molecular formula is C73H70BN3O2. The van der Waals surface area contributed by atoms with Gasteiger partial charge in [-0.3, -0.25) is 0 Å². The first-order chi connectivity index (χ1) is 37.7. The van der Waals surface area contributed by atoms with E-state index in [1.54, 1.807) is 0 Å². The van der Waals surface area contributed by atoms with Crippen molar-refractivity contribution in [1.82, 2.24) is 9.13 Å². The Hall–Kier alpha value is -7.49. The van der Waals surface area contributed by atoms with Gasteiger partial charge in [0.1, 0.15) is 17.2 Å². The second kappa shape index (κ2) is 16.3. The molecule has 8 aromatic carbocycles. The lowest BCUT2D eigenvalue weighted by atomic mass is 9.34. The maximum Gasteiger partial charge on any atom is 0.252 e. The first-order valence-electron chi connectivity index (χ1n) is 29.3. The highest BCUT2D eigenvalue weighted by Crippen LogP contribution is 2.47. The summed E-state index contributed by atoms with van der Waals surface area (Å²) in [6, 6.07) is 45.2. The van der Waals surface area contributed by atoms with Crippen molar-refractivity contribution >= 4 is 99.8 Å². The van der Waals surface area contributed by atoms with Gasteiger partial charge in [0, 0.05) is 60.3 Å². The third kappa shape index (κ3) is 7.00. The van der Waals surface area contributed by atoms with Crippen molar-refractivity contribution in [3.05, 3.63) is 159 Å². The maximum atomic E-state index is 11.1. The Bertz CT molecular complexity index is 4480. The van der Waals surface area contributed by atoms with E-state index in [4.69, 9.17) is 8.83 Å². The van der Waals surface area contributed by atoms with E-state index < -0.39 is 0 Å². The van der Waals surface area contributed by atoms with Gasteiger partial charge in [-0.2, -0.15) is 5.26 Å². The summed E-state index contributed by atoms with van der Waals surface area (Å²) in [4.78, 5) is 0.